The third-order valence-electron chi connectivity index (χ3n) is 3.01. The van der Waals surface area contributed by atoms with Crippen LogP contribution in [0.4, 0.5) is 5.69 Å². The summed E-state index contributed by atoms with van der Waals surface area (Å²) in [5.74, 6) is 0.476. The highest BCUT2D eigenvalue weighted by Gasteiger charge is 2.37. The van der Waals surface area contributed by atoms with E-state index >= 15 is 0 Å². The molecular formula is C12H16N2O4S. The van der Waals surface area contributed by atoms with E-state index in [-0.39, 0.29) is 18.9 Å². The number of carbonyl (C=O) groups excluding carboxylic acids is 1. The average molecular weight is 284 g/mol. The van der Waals surface area contributed by atoms with Crippen LogP contribution in [0.3, 0.4) is 0 Å². The highest BCUT2D eigenvalue weighted by Crippen LogP contribution is 2.26. The maximum absolute atomic E-state index is 11.8. The maximum atomic E-state index is 11.8. The molecule has 1 fully saturated rings. The molecule has 1 unspecified atom stereocenters. The van der Waals surface area contributed by atoms with Crippen LogP contribution in [-0.2, 0) is 14.8 Å². The van der Waals surface area contributed by atoms with Gasteiger partial charge in [0.1, 0.15) is 11.0 Å². The summed E-state index contributed by atoms with van der Waals surface area (Å²) in [7, 11) is -3.68. The number of benzene rings is 1. The number of sulfonamides is 1. The number of carbonyl (C=O) groups is 1. The summed E-state index contributed by atoms with van der Waals surface area (Å²) >= 11 is 0. The number of hydrogen-bond acceptors (Lipinski definition) is 4. The van der Waals surface area contributed by atoms with Crippen molar-refractivity contribution in [2.75, 3.05) is 18.1 Å². The molecule has 7 heteroatoms. The Kier molecular flexibility index (Phi) is 3.77. The van der Waals surface area contributed by atoms with E-state index in [0.29, 0.717) is 18.0 Å². The minimum Gasteiger partial charge on any atom is -0.494 e. The summed E-state index contributed by atoms with van der Waals surface area (Å²) in [5, 5.41) is 4.25. The van der Waals surface area contributed by atoms with Crippen LogP contribution in [0.25, 0.3) is 0 Å². The number of primary sulfonamides is 1. The lowest BCUT2D eigenvalue weighted by Gasteiger charge is -2.16. The average Bonchev–Trinajstić information content (AvgIpc) is 2.73. The van der Waals surface area contributed by atoms with Gasteiger partial charge in [-0.1, -0.05) is 0 Å². The first-order chi connectivity index (χ1) is 8.91. The molecule has 104 valence electrons. The van der Waals surface area contributed by atoms with Crippen molar-refractivity contribution in [3.05, 3.63) is 24.3 Å². The smallest absolute Gasteiger partial charge is 0.228 e. The molecule has 1 saturated heterocycles. The van der Waals surface area contributed by atoms with Gasteiger partial charge in [-0.15, -0.1) is 0 Å². The highest BCUT2D eigenvalue weighted by molar-refractivity contribution is 7.89. The van der Waals surface area contributed by atoms with Gasteiger partial charge in [-0.05, 0) is 31.2 Å². The number of hydrogen-bond donors (Lipinski definition) is 1. The molecule has 1 aromatic rings. The molecule has 1 amide bonds. The molecule has 19 heavy (non-hydrogen) atoms. The Morgan fingerprint density at radius 1 is 1.37 bits per heavy atom. The van der Waals surface area contributed by atoms with Crippen LogP contribution in [0.15, 0.2) is 24.3 Å². The van der Waals surface area contributed by atoms with Crippen molar-refractivity contribution in [2.45, 2.75) is 18.6 Å². The van der Waals surface area contributed by atoms with Gasteiger partial charge in [0.15, 0.2) is 0 Å². The Morgan fingerprint density at radius 2 is 2.00 bits per heavy atom. The molecule has 1 heterocycles. The fraction of sp³-hybridized carbons (Fsp3) is 0.417. The molecule has 1 aromatic carbocycles. The van der Waals surface area contributed by atoms with Gasteiger partial charge in [0.05, 0.1) is 6.61 Å². The minimum absolute atomic E-state index is 0.0634. The topological polar surface area (TPSA) is 89.7 Å². The largest absolute Gasteiger partial charge is 0.494 e. The number of ether oxygens (including phenoxy) is 1. The Morgan fingerprint density at radius 3 is 2.47 bits per heavy atom. The zero-order valence-electron chi connectivity index (χ0n) is 10.6. The fourth-order valence-electron chi connectivity index (χ4n) is 2.03. The number of nitrogens with zero attached hydrogens (tertiary/aromatic N) is 1. The second kappa shape index (κ2) is 5.18. The van der Waals surface area contributed by atoms with Gasteiger partial charge in [-0.25, -0.2) is 13.6 Å². The normalized spacial score (nSPS) is 19.8. The van der Waals surface area contributed by atoms with E-state index < -0.39 is 15.3 Å². The lowest BCUT2D eigenvalue weighted by Crippen LogP contribution is -2.32. The first kappa shape index (κ1) is 13.8. The van der Waals surface area contributed by atoms with Gasteiger partial charge in [0, 0.05) is 18.7 Å². The van der Waals surface area contributed by atoms with Crippen LogP contribution in [0, 0.1) is 0 Å². The molecule has 0 bridgehead atoms. The molecular weight excluding hydrogens is 268 g/mol. The third kappa shape index (κ3) is 3.05. The van der Waals surface area contributed by atoms with E-state index in [1.165, 1.54) is 4.90 Å². The molecule has 2 rings (SSSR count). The molecule has 0 aliphatic carbocycles. The standard InChI is InChI=1S/C12H16N2O4S/c1-2-18-10-5-3-9(4-6-10)14-8-11(7-12(14)15)19(13,16)17/h3-6,11H,2,7-8H2,1H3,(H2,13,16,17). The van der Waals surface area contributed by atoms with E-state index in [0.717, 1.165) is 0 Å². The monoisotopic (exact) mass is 284 g/mol. The molecule has 1 aliphatic heterocycles. The number of anilines is 1. The van der Waals surface area contributed by atoms with Crippen molar-refractivity contribution in [1.29, 1.82) is 0 Å². The summed E-state index contributed by atoms with van der Waals surface area (Å²) in [6.45, 7) is 2.55. The molecule has 0 radical (unpaired) electrons. The Balaban J connectivity index is 2.16. The first-order valence-corrected chi connectivity index (χ1v) is 7.57. The Hall–Kier alpha value is -1.60. The SMILES string of the molecule is CCOc1ccc(N2CC(S(N)(=O)=O)CC2=O)cc1. The van der Waals surface area contributed by atoms with Crippen molar-refractivity contribution in [3.8, 4) is 5.75 Å². The first-order valence-electron chi connectivity index (χ1n) is 5.96. The van der Waals surface area contributed by atoms with Gasteiger partial charge >= 0.3 is 0 Å². The van der Waals surface area contributed by atoms with Crippen molar-refractivity contribution >= 4 is 21.6 Å². The number of amides is 1. The van der Waals surface area contributed by atoms with Crippen LogP contribution in [0.5, 0.6) is 5.75 Å². The highest BCUT2D eigenvalue weighted by atomic mass is 32.2. The summed E-state index contributed by atoms with van der Waals surface area (Å²) in [6.07, 6.45) is -0.0634. The van der Waals surface area contributed by atoms with Crippen LogP contribution in [-0.4, -0.2) is 32.7 Å². The summed E-state index contributed by atoms with van der Waals surface area (Å²) < 4.78 is 27.9. The van der Waals surface area contributed by atoms with Gasteiger partial charge in [-0.3, -0.25) is 4.79 Å². The molecule has 0 aromatic heterocycles. The van der Waals surface area contributed by atoms with Crippen LogP contribution in [0.1, 0.15) is 13.3 Å². The predicted octanol–water partition coefficient (Wildman–Crippen LogP) is 0.479. The van der Waals surface area contributed by atoms with Crippen LogP contribution < -0.4 is 14.8 Å². The molecule has 0 spiro atoms. The van der Waals surface area contributed by atoms with Crippen LogP contribution >= 0.6 is 0 Å². The lowest BCUT2D eigenvalue weighted by molar-refractivity contribution is -0.117. The van der Waals surface area contributed by atoms with Crippen molar-refractivity contribution in [3.63, 3.8) is 0 Å². The van der Waals surface area contributed by atoms with Gasteiger partial charge in [-0.2, -0.15) is 0 Å². The molecule has 0 saturated carbocycles. The molecule has 6 nitrogen and oxygen atoms in total. The molecule has 1 aliphatic rings. The fourth-order valence-corrected chi connectivity index (χ4v) is 2.77. The zero-order valence-corrected chi connectivity index (χ0v) is 11.4. The number of nitrogens with two attached hydrogens (primary N) is 1. The van der Waals surface area contributed by atoms with Crippen molar-refractivity contribution in [1.82, 2.24) is 0 Å². The Bertz CT molecular complexity index is 568. The van der Waals surface area contributed by atoms with Gasteiger partial charge < -0.3 is 9.64 Å². The second-order valence-corrected chi connectivity index (χ2v) is 6.19. The van der Waals surface area contributed by atoms with Crippen molar-refractivity contribution in [2.24, 2.45) is 5.14 Å². The summed E-state index contributed by atoms with van der Waals surface area (Å²) in [6, 6.07) is 6.95. The van der Waals surface area contributed by atoms with E-state index in [1.54, 1.807) is 24.3 Å². The van der Waals surface area contributed by atoms with Crippen LogP contribution in [0.2, 0.25) is 0 Å². The Labute approximate surface area is 112 Å². The minimum atomic E-state index is -3.68. The lowest BCUT2D eigenvalue weighted by atomic mass is 10.3. The van der Waals surface area contributed by atoms with E-state index in [2.05, 4.69) is 0 Å². The van der Waals surface area contributed by atoms with Gasteiger partial charge in [0.2, 0.25) is 15.9 Å². The maximum Gasteiger partial charge on any atom is 0.228 e. The molecule has 1 atom stereocenters. The second-order valence-electron chi connectivity index (χ2n) is 4.35. The zero-order chi connectivity index (χ0) is 14.0. The van der Waals surface area contributed by atoms with E-state index in [1.807, 2.05) is 6.92 Å². The molecule has 2 N–H and O–H groups in total. The van der Waals surface area contributed by atoms with E-state index in [9.17, 15) is 13.2 Å². The quantitative estimate of drug-likeness (QED) is 0.870. The predicted molar refractivity (Wildman–Crippen MR) is 71.5 cm³/mol. The third-order valence-corrected chi connectivity index (χ3v) is 4.26. The summed E-state index contributed by atoms with van der Waals surface area (Å²) in [4.78, 5) is 13.3. The number of rotatable bonds is 4. The summed E-state index contributed by atoms with van der Waals surface area (Å²) in [5.41, 5.74) is 0.652. The van der Waals surface area contributed by atoms with Crippen molar-refractivity contribution < 1.29 is 17.9 Å². The van der Waals surface area contributed by atoms with E-state index in [4.69, 9.17) is 9.88 Å². The van der Waals surface area contributed by atoms with Gasteiger partial charge in [0.25, 0.3) is 0 Å².